The monoisotopic (exact) mass is 279 g/mol. The Morgan fingerprint density at radius 3 is 2.20 bits per heavy atom. The molecular weight excluding hydrogens is 254 g/mol. The highest BCUT2D eigenvalue weighted by Gasteiger charge is 2.23. The van der Waals surface area contributed by atoms with Crippen LogP contribution < -0.4 is 4.74 Å². The quantitative estimate of drug-likeness (QED) is 0.868. The number of nitrogens with zero attached hydrogens (tertiary/aromatic N) is 1. The normalized spacial score (nSPS) is 11.9. The molecule has 0 bridgehead atoms. The van der Waals surface area contributed by atoms with Crippen molar-refractivity contribution in [2.75, 3.05) is 13.2 Å². The van der Waals surface area contributed by atoms with Crippen LogP contribution in [0.3, 0.4) is 0 Å². The van der Waals surface area contributed by atoms with Gasteiger partial charge in [0.15, 0.2) is 0 Å². The van der Waals surface area contributed by atoms with E-state index < -0.39 is 5.97 Å². The third-order valence-electron chi connectivity index (χ3n) is 3.19. The van der Waals surface area contributed by atoms with Gasteiger partial charge in [-0.15, -0.1) is 0 Å². The van der Waals surface area contributed by atoms with Crippen molar-refractivity contribution < 1.29 is 14.6 Å². The van der Waals surface area contributed by atoms with Crippen LogP contribution in [0, 0.1) is 0 Å². The molecule has 1 N–H and O–H groups in total. The van der Waals surface area contributed by atoms with Crippen molar-refractivity contribution in [3.8, 4) is 5.75 Å². The molecule has 0 unspecified atom stereocenters. The van der Waals surface area contributed by atoms with Gasteiger partial charge in [0.25, 0.3) is 0 Å². The van der Waals surface area contributed by atoms with E-state index in [0.29, 0.717) is 18.4 Å². The predicted molar refractivity (Wildman–Crippen MR) is 80.5 cm³/mol. The minimum Gasteiger partial charge on any atom is -0.492 e. The van der Waals surface area contributed by atoms with E-state index in [2.05, 4.69) is 39.5 Å². The lowest BCUT2D eigenvalue weighted by atomic mass is 10.0. The van der Waals surface area contributed by atoms with Crippen LogP contribution in [0.2, 0.25) is 0 Å². The Bertz CT molecular complexity index is 432. The molecule has 0 spiro atoms. The van der Waals surface area contributed by atoms with E-state index in [4.69, 9.17) is 9.84 Å². The zero-order chi connectivity index (χ0) is 15.3. The summed E-state index contributed by atoms with van der Waals surface area (Å²) in [5.74, 6) is -0.220. The van der Waals surface area contributed by atoms with E-state index in [-0.39, 0.29) is 11.1 Å². The van der Waals surface area contributed by atoms with Crippen LogP contribution >= 0.6 is 0 Å². The van der Waals surface area contributed by atoms with Crippen LogP contribution in [-0.4, -0.2) is 40.7 Å². The van der Waals surface area contributed by atoms with Gasteiger partial charge in [-0.1, -0.05) is 0 Å². The molecule has 0 saturated carbocycles. The van der Waals surface area contributed by atoms with Gasteiger partial charge < -0.3 is 9.84 Å². The van der Waals surface area contributed by atoms with Gasteiger partial charge in [-0.2, -0.15) is 0 Å². The first-order valence-corrected chi connectivity index (χ1v) is 6.94. The van der Waals surface area contributed by atoms with Gasteiger partial charge in [0.05, 0.1) is 5.56 Å². The van der Waals surface area contributed by atoms with Crippen LogP contribution in [0.1, 0.15) is 45.0 Å². The second-order valence-corrected chi connectivity index (χ2v) is 6.14. The maximum Gasteiger partial charge on any atom is 0.335 e. The van der Waals surface area contributed by atoms with Gasteiger partial charge in [-0.25, -0.2) is 4.79 Å². The van der Waals surface area contributed by atoms with Gasteiger partial charge in [0, 0.05) is 18.1 Å². The largest absolute Gasteiger partial charge is 0.492 e. The fourth-order valence-corrected chi connectivity index (χ4v) is 2.32. The molecule has 112 valence electrons. The van der Waals surface area contributed by atoms with E-state index >= 15 is 0 Å². The summed E-state index contributed by atoms with van der Waals surface area (Å²) in [5.41, 5.74) is 0.376. The molecule has 1 rings (SSSR count). The zero-order valence-electron chi connectivity index (χ0n) is 13.0. The van der Waals surface area contributed by atoms with Crippen molar-refractivity contribution in [1.29, 1.82) is 0 Å². The van der Waals surface area contributed by atoms with E-state index in [1.165, 1.54) is 0 Å². The van der Waals surface area contributed by atoms with Gasteiger partial charge in [-0.05, 0) is 58.9 Å². The molecule has 0 aliphatic heterocycles. The standard InChI is InChI=1S/C16H25NO3/c1-12(2)17(16(3,4)5)10-11-20-14-8-6-13(7-9-14)15(18)19/h6-9,12H,10-11H2,1-5H3,(H,18,19). The Balaban J connectivity index is 2.53. The number of hydrogen-bond acceptors (Lipinski definition) is 3. The number of aromatic carboxylic acids is 1. The van der Waals surface area contributed by atoms with Gasteiger partial charge in [0.1, 0.15) is 12.4 Å². The fourth-order valence-electron chi connectivity index (χ4n) is 2.32. The van der Waals surface area contributed by atoms with Crippen LogP contribution in [0.25, 0.3) is 0 Å². The van der Waals surface area contributed by atoms with Crippen molar-refractivity contribution in [3.63, 3.8) is 0 Å². The average Bonchev–Trinajstić information content (AvgIpc) is 2.33. The third kappa shape index (κ3) is 4.85. The lowest BCUT2D eigenvalue weighted by Gasteiger charge is -2.38. The summed E-state index contributed by atoms with van der Waals surface area (Å²) in [4.78, 5) is 13.1. The van der Waals surface area contributed by atoms with Crippen molar-refractivity contribution in [2.45, 2.75) is 46.2 Å². The summed E-state index contributed by atoms with van der Waals surface area (Å²) in [6.45, 7) is 12.3. The molecule has 4 heteroatoms. The summed E-state index contributed by atoms with van der Waals surface area (Å²) >= 11 is 0. The summed E-state index contributed by atoms with van der Waals surface area (Å²) in [6.07, 6.45) is 0. The number of carboxylic acids is 1. The Labute approximate surface area is 121 Å². The number of rotatable bonds is 6. The summed E-state index contributed by atoms with van der Waals surface area (Å²) in [7, 11) is 0. The van der Waals surface area contributed by atoms with E-state index in [1.54, 1.807) is 24.3 Å². The number of hydrogen-bond donors (Lipinski definition) is 1. The van der Waals surface area contributed by atoms with Crippen molar-refractivity contribution in [2.24, 2.45) is 0 Å². The molecule has 0 atom stereocenters. The molecule has 0 amide bonds. The van der Waals surface area contributed by atoms with Gasteiger partial charge >= 0.3 is 5.97 Å². The lowest BCUT2D eigenvalue weighted by molar-refractivity contribution is 0.0696. The molecule has 0 heterocycles. The zero-order valence-corrected chi connectivity index (χ0v) is 13.0. The van der Waals surface area contributed by atoms with Crippen LogP contribution in [0.15, 0.2) is 24.3 Å². The molecule has 0 fully saturated rings. The molecule has 0 aliphatic carbocycles. The molecule has 1 aromatic rings. The summed E-state index contributed by atoms with van der Waals surface area (Å²) in [6, 6.07) is 6.96. The highest BCUT2D eigenvalue weighted by Crippen LogP contribution is 2.17. The smallest absolute Gasteiger partial charge is 0.335 e. The maximum atomic E-state index is 10.8. The highest BCUT2D eigenvalue weighted by atomic mass is 16.5. The Hall–Kier alpha value is -1.55. The van der Waals surface area contributed by atoms with E-state index in [9.17, 15) is 4.79 Å². The third-order valence-corrected chi connectivity index (χ3v) is 3.19. The number of carbonyl (C=O) groups is 1. The predicted octanol–water partition coefficient (Wildman–Crippen LogP) is 3.27. The number of ether oxygens (including phenoxy) is 1. The van der Waals surface area contributed by atoms with Crippen LogP contribution in [-0.2, 0) is 0 Å². The molecule has 0 aromatic heterocycles. The SMILES string of the molecule is CC(C)N(CCOc1ccc(C(=O)O)cc1)C(C)(C)C. The van der Waals surface area contributed by atoms with Gasteiger partial charge in [-0.3, -0.25) is 4.90 Å². The second-order valence-electron chi connectivity index (χ2n) is 6.14. The fraction of sp³-hybridized carbons (Fsp3) is 0.562. The Kier molecular flexibility index (Phi) is 5.57. The molecule has 0 radical (unpaired) electrons. The molecule has 1 aromatic carbocycles. The number of carboxylic acid groups (broad SMARTS) is 1. The van der Waals surface area contributed by atoms with Crippen LogP contribution in [0.4, 0.5) is 0 Å². The maximum absolute atomic E-state index is 10.8. The lowest BCUT2D eigenvalue weighted by Crippen LogP contribution is -2.47. The van der Waals surface area contributed by atoms with Gasteiger partial charge in [0.2, 0.25) is 0 Å². The molecule has 4 nitrogen and oxygen atoms in total. The number of benzene rings is 1. The van der Waals surface area contributed by atoms with Crippen molar-refractivity contribution in [3.05, 3.63) is 29.8 Å². The Morgan fingerprint density at radius 2 is 1.80 bits per heavy atom. The van der Waals surface area contributed by atoms with Crippen LogP contribution in [0.5, 0.6) is 5.75 Å². The van der Waals surface area contributed by atoms with Crippen molar-refractivity contribution >= 4 is 5.97 Å². The summed E-state index contributed by atoms with van der Waals surface area (Å²) in [5, 5.41) is 8.83. The van der Waals surface area contributed by atoms with E-state index in [1.807, 2.05) is 0 Å². The minimum atomic E-state index is -0.921. The van der Waals surface area contributed by atoms with Crippen molar-refractivity contribution in [1.82, 2.24) is 4.90 Å². The molecule has 20 heavy (non-hydrogen) atoms. The minimum absolute atomic E-state index is 0.102. The topological polar surface area (TPSA) is 49.8 Å². The first kappa shape index (κ1) is 16.5. The summed E-state index contributed by atoms with van der Waals surface area (Å²) < 4.78 is 5.68. The first-order chi connectivity index (χ1) is 9.21. The Morgan fingerprint density at radius 1 is 1.25 bits per heavy atom. The molecule has 0 aliphatic rings. The molecule has 0 saturated heterocycles. The average molecular weight is 279 g/mol. The first-order valence-electron chi connectivity index (χ1n) is 6.94. The molecular formula is C16H25NO3. The van der Waals surface area contributed by atoms with E-state index in [0.717, 1.165) is 6.54 Å². The highest BCUT2D eigenvalue weighted by molar-refractivity contribution is 5.87. The second kappa shape index (κ2) is 6.75.